The topological polar surface area (TPSA) is 41.5 Å². The molecule has 1 heterocycles. The van der Waals surface area contributed by atoms with Crippen molar-refractivity contribution in [3.8, 4) is 0 Å². The van der Waals surface area contributed by atoms with Gasteiger partial charge in [0.2, 0.25) is 5.91 Å². The molecule has 0 saturated heterocycles. The molecule has 3 nitrogen and oxygen atoms in total. The monoisotopic (exact) mass is 222 g/mol. The third kappa shape index (κ3) is 2.18. The van der Waals surface area contributed by atoms with Crippen molar-refractivity contribution in [3.63, 3.8) is 0 Å². The fourth-order valence-corrected chi connectivity index (χ4v) is 1.69. The Morgan fingerprint density at radius 2 is 2.20 bits per heavy atom. The number of hydrogen-bond acceptors (Lipinski definition) is 2. The van der Waals surface area contributed by atoms with Gasteiger partial charge in [0, 0.05) is 11.4 Å². The number of nitrogens with zero attached hydrogens (tertiary/aromatic N) is 1. The van der Waals surface area contributed by atoms with Gasteiger partial charge in [0.1, 0.15) is 11.9 Å². The van der Waals surface area contributed by atoms with Crippen LogP contribution in [0.25, 0.3) is 0 Å². The van der Waals surface area contributed by atoms with Gasteiger partial charge >= 0.3 is 0 Å². The van der Waals surface area contributed by atoms with Crippen LogP contribution < -0.4 is 5.32 Å². The Balaban J connectivity index is 2.14. The van der Waals surface area contributed by atoms with E-state index in [4.69, 9.17) is 11.6 Å². The summed E-state index contributed by atoms with van der Waals surface area (Å²) >= 11 is 6.01. The third-order valence-corrected chi connectivity index (χ3v) is 2.68. The molecule has 1 aliphatic rings. The van der Waals surface area contributed by atoms with E-state index in [0.717, 1.165) is 5.56 Å². The maximum atomic E-state index is 11.2. The van der Waals surface area contributed by atoms with Crippen molar-refractivity contribution in [2.45, 2.75) is 19.4 Å². The number of hydrogen-bond donors (Lipinski definition) is 1. The number of nitrogens with one attached hydrogen (secondary N) is 1. The van der Waals surface area contributed by atoms with Gasteiger partial charge in [0.15, 0.2) is 0 Å². The summed E-state index contributed by atoms with van der Waals surface area (Å²) in [6, 6.07) is 7.28. The molecule has 1 aromatic rings. The van der Waals surface area contributed by atoms with Crippen LogP contribution in [0.15, 0.2) is 29.3 Å². The summed E-state index contributed by atoms with van der Waals surface area (Å²) < 4.78 is 0. The quantitative estimate of drug-likeness (QED) is 0.815. The van der Waals surface area contributed by atoms with E-state index in [1.807, 2.05) is 24.3 Å². The van der Waals surface area contributed by atoms with Gasteiger partial charge in [-0.3, -0.25) is 9.79 Å². The van der Waals surface area contributed by atoms with Crippen molar-refractivity contribution in [1.29, 1.82) is 0 Å². The Labute approximate surface area is 93.2 Å². The minimum atomic E-state index is -0.275. The lowest BCUT2D eigenvalue weighted by molar-refractivity contribution is -0.119. The zero-order chi connectivity index (χ0) is 10.8. The van der Waals surface area contributed by atoms with E-state index in [-0.39, 0.29) is 11.9 Å². The van der Waals surface area contributed by atoms with Gasteiger partial charge in [-0.25, -0.2) is 0 Å². The molecular formula is C11H11ClN2O. The van der Waals surface area contributed by atoms with Crippen LogP contribution in [0.5, 0.6) is 0 Å². The normalized spacial score (nSPS) is 20.0. The molecule has 0 radical (unpaired) electrons. The second-order valence-corrected chi connectivity index (χ2v) is 3.92. The molecule has 1 unspecified atom stereocenters. The van der Waals surface area contributed by atoms with Gasteiger partial charge in [-0.15, -0.1) is 0 Å². The van der Waals surface area contributed by atoms with Crippen molar-refractivity contribution in [3.05, 3.63) is 34.9 Å². The molecular weight excluding hydrogens is 212 g/mol. The lowest BCUT2D eigenvalue weighted by atomic mass is 10.1. The first-order chi connectivity index (χ1) is 7.16. The number of carbonyl (C=O) groups excluding carboxylic acids is 1. The first-order valence-corrected chi connectivity index (χ1v) is 5.15. The first kappa shape index (κ1) is 10.2. The van der Waals surface area contributed by atoms with Gasteiger partial charge in [-0.2, -0.15) is 0 Å². The lowest BCUT2D eigenvalue weighted by Gasteiger charge is -2.03. The van der Waals surface area contributed by atoms with Crippen LogP contribution in [0.3, 0.4) is 0 Å². The molecule has 15 heavy (non-hydrogen) atoms. The molecule has 1 aromatic carbocycles. The molecule has 1 atom stereocenters. The Hall–Kier alpha value is -1.35. The van der Waals surface area contributed by atoms with Crippen molar-refractivity contribution >= 4 is 23.3 Å². The number of amides is 1. The van der Waals surface area contributed by atoms with E-state index in [2.05, 4.69) is 10.3 Å². The minimum Gasteiger partial charge on any atom is -0.312 e. The molecule has 0 spiro atoms. The second-order valence-electron chi connectivity index (χ2n) is 3.51. The molecule has 2 rings (SSSR count). The zero-order valence-electron chi connectivity index (χ0n) is 8.33. The summed E-state index contributed by atoms with van der Waals surface area (Å²) in [5, 5.41) is 3.43. The highest BCUT2D eigenvalue weighted by molar-refractivity contribution is 6.31. The number of benzene rings is 1. The maximum absolute atomic E-state index is 11.2. The molecule has 0 aromatic heterocycles. The predicted octanol–water partition coefficient (Wildman–Crippen LogP) is 1.80. The molecule has 0 bridgehead atoms. The highest BCUT2D eigenvalue weighted by Crippen LogP contribution is 2.16. The largest absolute Gasteiger partial charge is 0.312 e. The summed E-state index contributed by atoms with van der Waals surface area (Å²) in [4.78, 5) is 15.4. The SMILES string of the molecule is CC1N=C(Cc2ccccc2Cl)NC1=O. The Morgan fingerprint density at radius 3 is 2.80 bits per heavy atom. The van der Waals surface area contributed by atoms with E-state index >= 15 is 0 Å². The molecule has 1 amide bonds. The maximum Gasteiger partial charge on any atom is 0.249 e. The van der Waals surface area contributed by atoms with E-state index in [9.17, 15) is 4.79 Å². The van der Waals surface area contributed by atoms with Gasteiger partial charge in [-0.1, -0.05) is 29.8 Å². The highest BCUT2D eigenvalue weighted by Gasteiger charge is 2.21. The van der Waals surface area contributed by atoms with E-state index in [1.54, 1.807) is 6.92 Å². The van der Waals surface area contributed by atoms with E-state index < -0.39 is 0 Å². The smallest absolute Gasteiger partial charge is 0.249 e. The van der Waals surface area contributed by atoms with Crippen LogP contribution in [0.4, 0.5) is 0 Å². The third-order valence-electron chi connectivity index (χ3n) is 2.31. The van der Waals surface area contributed by atoms with Crippen molar-refractivity contribution < 1.29 is 4.79 Å². The van der Waals surface area contributed by atoms with Gasteiger partial charge in [0.25, 0.3) is 0 Å². The Bertz CT molecular complexity index is 428. The summed E-state index contributed by atoms with van der Waals surface area (Å²) in [7, 11) is 0. The number of aliphatic imine (C=N–C) groups is 1. The first-order valence-electron chi connectivity index (χ1n) is 4.78. The Morgan fingerprint density at radius 1 is 1.47 bits per heavy atom. The molecule has 0 fully saturated rings. The number of carbonyl (C=O) groups is 1. The lowest BCUT2D eigenvalue weighted by Crippen LogP contribution is -2.28. The Kier molecular flexibility index (Phi) is 2.73. The molecule has 4 heteroatoms. The minimum absolute atomic E-state index is 0.0444. The van der Waals surface area contributed by atoms with Gasteiger partial charge in [-0.05, 0) is 18.6 Å². The van der Waals surface area contributed by atoms with E-state index in [0.29, 0.717) is 17.3 Å². The van der Waals surface area contributed by atoms with Crippen LogP contribution >= 0.6 is 11.6 Å². The van der Waals surface area contributed by atoms with Crippen LogP contribution in [0.2, 0.25) is 5.02 Å². The fourth-order valence-electron chi connectivity index (χ4n) is 1.48. The zero-order valence-corrected chi connectivity index (χ0v) is 9.08. The molecule has 78 valence electrons. The summed E-state index contributed by atoms with van der Waals surface area (Å²) in [5.41, 5.74) is 0.979. The standard InChI is InChI=1S/C11H11ClN2O/c1-7-11(15)14-10(13-7)6-8-4-2-3-5-9(8)12/h2-5,7H,6H2,1H3,(H,13,14,15). The fraction of sp³-hybridized carbons (Fsp3) is 0.273. The average molecular weight is 223 g/mol. The summed E-state index contributed by atoms with van der Waals surface area (Å²) in [6.45, 7) is 1.77. The number of amidine groups is 1. The molecule has 1 N–H and O–H groups in total. The van der Waals surface area contributed by atoms with E-state index in [1.165, 1.54) is 0 Å². The van der Waals surface area contributed by atoms with Crippen molar-refractivity contribution in [1.82, 2.24) is 5.32 Å². The van der Waals surface area contributed by atoms with Gasteiger partial charge < -0.3 is 5.32 Å². The van der Waals surface area contributed by atoms with Crippen LogP contribution in [-0.2, 0) is 11.2 Å². The number of rotatable bonds is 2. The van der Waals surface area contributed by atoms with Crippen LogP contribution in [-0.4, -0.2) is 17.8 Å². The predicted molar refractivity (Wildman–Crippen MR) is 60.2 cm³/mol. The highest BCUT2D eigenvalue weighted by atomic mass is 35.5. The molecule has 0 saturated carbocycles. The number of halogens is 1. The second kappa shape index (κ2) is 4.03. The summed E-state index contributed by atoms with van der Waals surface area (Å²) in [6.07, 6.45) is 0.579. The van der Waals surface area contributed by atoms with Gasteiger partial charge in [0.05, 0.1) is 0 Å². The van der Waals surface area contributed by atoms with Crippen LogP contribution in [0, 0.1) is 0 Å². The average Bonchev–Trinajstić information content (AvgIpc) is 2.50. The summed E-state index contributed by atoms with van der Waals surface area (Å²) in [5.74, 6) is 0.651. The molecule has 0 aliphatic carbocycles. The van der Waals surface area contributed by atoms with Crippen molar-refractivity contribution in [2.75, 3.05) is 0 Å². The van der Waals surface area contributed by atoms with Crippen molar-refractivity contribution in [2.24, 2.45) is 4.99 Å². The molecule has 1 aliphatic heterocycles. The van der Waals surface area contributed by atoms with Crippen LogP contribution in [0.1, 0.15) is 12.5 Å².